The molecular weight excluding hydrogens is 156 g/mol. The average Bonchev–Trinajstić information content (AvgIpc) is 1.98. The number of hydrogen-bond donors (Lipinski definition) is 1. The minimum Gasteiger partial charge on any atom is -0.383 e. The lowest BCUT2D eigenvalue weighted by Gasteiger charge is -2.01. The lowest BCUT2D eigenvalue weighted by Crippen LogP contribution is -1.93. The molecule has 0 spiro atoms. The van der Waals surface area contributed by atoms with Crippen molar-refractivity contribution in [1.29, 1.82) is 0 Å². The van der Waals surface area contributed by atoms with E-state index in [1.165, 1.54) is 4.90 Å². The Hall–Kier alpha value is -0.700. The highest BCUT2D eigenvalue weighted by Crippen LogP contribution is 2.19. The van der Waals surface area contributed by atoms with Crippen molar-refractivity contribution >= 4 is 17.6 Å². The molecule has 1 aromatic rings. The number of pyridine rings is 1. The fourth-order valence-corrected chi connectivity index (χ4v) is 1.53. The van der Waals surface area contributed by atoms with E-state index in [-0.39, 0.29) is 0 Å². The number of thioether (sulfide) groups is 1. The van der Waals surface area contributed by atoms with Gasteiger partial charge in [0.15, 0.2) is 0 Å². The van der Waals surface area contributed by atoms with Gasteiger partial charge in [-0.2, -0.15) is 0 Å². The molecule has 0 aliphatic rings. The predicted molar refractivity (Wildman–Crippen MR) is 49.8 cm³/mol. The van der Waals surface area contributed by atoms with Crippen molar-refractivity contribution in [1.82, 2.24) is 4.98 Å². The third-order valence-electron chi connectivity index (χ3n) is 1.40. The highest BCUT2D eigenvalue weighted by molar-refractivity contribution is 7.99. The molecule has 1 rings (SSSR count). The van der Waals surface area contributed by atoms with Crippen LogP contribution in [-0.2, 0) is 0 Å². The Bertz CT molecular complexity index is 248. The predicted octanol–water partition coefficient (Wildman–Crippen LogP) is 2.08. The van der Waals surface area contributed by atoms with Crippen LogP contribution in [0.1, 0.15) is 12.5 Å². The summed E-state index contributed by atoms with van der Waals surface area (Å²) in [5.74, 6) is 1.70. The highest BCUT2D eigenvalue weighted by atomic mass is 32.2. The number of nitrogen functional groups attached to an aromatic ring is 1. The molecule has 2 nitrogen and oxygen atoms in total. The number of aromatic nitrogens is 1. The number of nitrogens with two attached hydrogens (primary N) is 1. The molecular formula is C8H12N2S. The second kappa shape index (κ2) is 3.62. The van der Waals surface area contributed by atoms with Crippen LogP contribution in [0.5, 0.6) is 0 Å². The van der Waals surface area contributed by atoms with Gasteiger partial charge in [-0.05, 0) is 24.3 Å². The largest absolute Gasteiger partial charge is 0.383 e. The first-order chi connectivity index (χ1) is 5.24. The maximum atomic E-state index is 5.56. The van der Waals surface area contributed by atoms with Crippen molar-refractivity contribution in [3.8, 4) is 0 Å². The third kappa shape index (κ3) is 2.12. The molecule has 11 heavy (non-hydrogen) atoms. The first-order valence-electron chi connectivity index (χ1n) is 3.59. The van der Waals surface area contributed by atoms with Crippen LogP contribution in [0.25, 0.3) is 0 Å². The molecule has 0 bridgehead atoms. The lowest BCUT2D eigenvalue weighted by molar-refractivity contribution is 1.20. The number of rotatable bonds is 2. The Balaban J connectivity index is 2.86. The van der Waals surface area contributed by atoms with E-state index in [4.69, 9.17) is 5.73 Å². The number of aryl methyl sites for hydroxylation is 1. The van der Waals surface area contributed by atoms with Crippen molar-refractivity contribution in [3.63, 3.8) is 0 Å². The molecule has 0 atom stereocenters. The molecule has 0 aliphatic carbocycles. The molecule has 1 aromatic heterocycles. The molecule has 0 fully saturated rings. The van der Waals surface area contributed by atoms with E-state index in [1.807, 2.05) is 13.1 Å². The summed E-state index contributed by atoms with van der Waals surface area (Å²) in [4.78, 5) is 5.25. The SMILES string of the molecule is CCSc1cnc(N)c(C)c1. The summed E-state index contributed by atoms with van der Waals surface area (Å²) in [7, 11) is 0. The van der Waals surface area contributed by atoms with Crippen LogP contribution in [0.15, 0.2) is 17.2 Å². The molecule has 1 heterocycles. The Morgan fingerprint density at radius 2 is 2.36 bits per heavy atom. The van der Waals surface area contributed by atoms with E-state index in [0.29, 0.717) is 5.82 Å². The zero-order chi connectivity index (χ0) is 8.27. The van der Waals surface area contributed by atoms with E-state index in [9.17, 15) is 0 Å². The van der Waals surface area contributed by atoms with Gasteiger partial charge in [-0.15, -0.1) is 11.8 Å². The molecule has 0 radical (unpaired) electrons. The van der Waals surface area contributed by atoms with Crippen LogP contribution in [-0.4, -0.2) is 10.7 Å². The fourth-order valence-electron chi connectivity index (χ4n) is 0.805. The Kier molecular flexibility index (Phi) is 2.76. The van der Waals surface area contributed by atoms with Gasteiger partial charge < -0.3 is 5.73 Å². The number of nitrogens with zero attached hydrogens (tertiary/aromatic N) is 1. The zero-order valence-corrected chi connectivity index (χ0v) is 7.61. The van der Waals surface area contributed by atoms with Gasteiger partial charge in [0, 0.05) is 11.1 Å². The van der Waals surface area contributed by atoms with E-state index >= 15 is 0 Å². The first kappa shape index (κ1) is 8.40. The normalized spacial score (nSPS) is 10.0. The van der Waals surface area contributed by atoms with Gasteiger partial charge in [-0.25, -0.2) is 4.98 Å². The summed E-state index contributed by atoms with van der Waals surface area (Å²) >= 11 is 1.78. The van der Waals surface area contributed by atoms with Crippen molar-refractivity contribution in [2.75, 3.05) is 11.5 Å². The average molecular weight is 168 g/mol. The smallest absolute Gasteiger partial charge is 0.126 e. The lowest BCUT2D eigenvalue weighted by atomic mass is 10.3. The van der Waals surface area contributed by atoms with Crippen molar-refractivity contribution in [2.45, 2.75) is 18.7 Å². The van der Waals surface area contributed by atoms with E-state index in [0.717, 1.165) is 11.3 Å². The van der Waals surface area contributed by atoms with E-state index in [1.54, 1.807) is 11.8 Å². The monoisotopic (exact) mass is 168 g/mol. The van der Waals surface area contributed by atoms with Crippen LogP contribution in [0.2, 0.25) is 0 Å². The molecule has 2 N–H and O–H groups in total. The van der Waals surface area contributed by atoms with Gasteiger partial charge in [0.2, 0.25) is 0 Å². The third-order valence-corrected chi connectivity index (χ3v) is 2.25. The Morgan fingerprint density at radius 3 is 2.91 bits per heavy atom. The topological polar surface area (TPSA) is 38.9 Å². The zero-order valence-electron chi connectivity index (χ0n) is 6.79. The van der Waals surface area contributed by atoms with Gasteiger partial charge in [-0.1, -0.05) is 6.92 Å². The van der Waals surface area contributed by atoms with Crippen LogP contribution >= 0.6 is 11.8 Å². The van der Waals surface area contributed by atoms with Gasteiger partial charge in [0.05, 0.1) is 0 Å². The molecule has 0 amide bonds. The van der Waals surface area contributed by atoms with Gasteiger partial charge in [0.25, 0.3) is 0 Å². The fraction of sp³-hybridized carbons (Fsp3) is 0.375. The summed E-state index contributed by atoms with van der Waals surface area (Å²) in [5.41, 5.74) is 6.62. The second-order valence-electron chi connectivity index (χ2n) is 2.31. The van der Waals surface area contributed by atoms with Crippen molar-refractivity contribution in [3.05, 3.63) is 17.8 Å². The minimum absolute atomic E-state index is 0.630. The first-order valence-corrected chi connectivity index (χ1v) is 4.57. The number of hydrogen-bond acceptors (Lipinski definition) is 3. The molecule has 3 heteroatoms. The summed E-state index contributed by atoms with van der Waals surface area (Å²) < 4.78 is 0. The molecule has 0 saturated heterocycles. The molecule has 0 saturated carbocycles. The van der Waals surface area contributed by atoms with Crippen molar-refractivity contribution in [2.24, 2.45) is 0 Å². The maximum Gasteiger partial charge on any atom is 0.126 e. The van der Waals surface area contributed by atoms with Crippen LogP contribution < -0.4 is 5.73 Å². The van der Waals surface area contributed by atoms with Crippen LogP contribution in [0.3, 0.4) is 0 Å². The van der Waals surface area contributed by atoms with Crippen LogP contribution in [0.4, 0.5) is 5.82 Å². The summed E-state index contributed by atoms with van der Waals surface area (Å²) in [6, 6.07) is 2.07. The van der Waals surface area contributed by atoms with Crippen molar-refractivity contribution < 1.29 is 0 Å². The van der Waals surface area contributed by atoms with Gasteiger partial charge in [-0.3, -0.25) is 0 Å². The molecule has 0 unspecified atom stereocenters. The Labute approximate surface area is 71.2 Å². The van der Waals surface area contributed by atoms with E-state index < -0.39 is 0 Å². The minimum atomic E-state index is 0.630. The summed E-state index contributed by atoms with van der Waals surface area (Å²) in [6.45, 7) is 4.10. The quantitative estimate of drug-likeness (QED) is 0.687. The molecule has 0 aromatic carbocycles. The van der Waals surface area contributed by atoms with Crippen LogP contribution in [0, 0.1) is 6.92 Å². The maximum absolute atomic E-state index is 5.56. The number of anilines is 1. The summed E-state index contributed by atoms with van der Waals surface area (Å²) in [6.07, 6.45) is 1.82. The van der Waals surface area contributed by atoms with Gasteiger partial charge in [0.1, 0.15) is 5.82 Å². The molecule has 60 valence electrons. The van der Waals surface area contributed by atoms with Gasteiger partial charge >= 0.3 is 0 Å². The summed E-state index contributed by atoms with van der Waals surface area (Å²) in [5, 5.41) is 0. The molecule has 0 aliphatic heterocycles. The standard InChI is InChI=1S/C8H12N2S/c1-3-11-7-4-6(2)8(9)10-5-7/h4-5H,3H2,1-2H3,(H2,9,10). The Morgan fingerprint density at radius 1 is 1.64 bits per heavy atom. The second-order valence-corrected chi connectivity index (χ2v) is 3.64. The highest BCUT2D eigenvalue weighted by Gasteiger charge is 1.96. The van der Waals surface area contributed by atoms with E-state index in [2.05, 4.69) is 18.0 Å².